The summed E-state index contributed by atoms with van der Waals surface area (Å²) in [6, 6.07) is 10.8. The second-order valence-electron chi connectivity index (χ2n) is 8.13. The highest BCUT2D eigenvalue weighted by Gasteiger charge is 2.27. The summed E-state index contributed by atoms with van der Waals surface area (Å²) in [5.74, 6) is -1.85. The summed E-state index contributed by atoms with van der Waals surface area (Å²) in [6.45, 7) is 4.83. The molecule has 0 spiro atoms. The highest BCUT2D eigenvalue weighted by atomic mass is 35.5. The minimum Gasteiger partial charge on any atom is -0.444 e. The minimum absolute atomic E-state index is 0.0813. The standard InChI is InChI=1S/C21H24ClN3O7S/c1-21(2,3)32-20(27)23-13-15(11-14-5-4-6-16(22)12-14)19(26)24-33(30,31)18-9-7-17(8-10-18)25(28)29/h4-10,12,15H,11,13H2,1-3H3,(H,23,27)(H,24,26). The summed E-state index contributed by atoms with van der Waals surface area (Å²) in [5, 5.41) is 13.7. The molecule has 10 nitrogen and oxygen atoms in total. The number of carbonyl (C=O) groups excluding carboxylic acids is 2. The van der Waals surface area contributed by atoms with Gasteiger partial charge < -0.3 is 10.1 Å². The summed E-state index contributed by atoms with van der Waals surface area (Å²) in [6.07, 6.45) is -0.678. The third-order valence-electron chi connectivity index (χ3n) is 4.23. The van der Waals surface area contributed by atoms with E-state index in [1.165, 1.54) is 0 Å². The van der Waals surface area contributed by atoms with Crippen LogP contribution >= 0.6 is 11.6 Å². The van der Waals surface area contributed by atoms with Crippen molar-refractivity contribution in [2.24, 2.45) is 5.92 Å². The number of carbonyl (C=O) groups is 2. The summed E-state index contributed by atoms with van der Waals surface area (Å²) in [7, 11) is -4.31. The van der Waals surface area contributed by atoms with Crippen LogP contribution in [0.5, 0.6) is 0 Å². The Hall–Kier alpha value is -3.18. The Morgan fingerprint density at radius 2 is 1.79 bits per heavy atom. The Bertz CT molecular complexity index is 1130. The average Bonchev–Trinajstić information content (AvgIpc) is 2.69. The molecule has 0 radical (unpaired) electrons. The molecular weight excluding hydrogens is 474 g/mol. The van der Waals surface area contributed by atoms with E-state index < -0.39 is 38.5 Å². The zero-order valence-corrected chi connectivity index (χ0v) is 19.8. The first-order valence-electron chi connectivity index (χ1n) is 9.79. The van der Waals surface area contributed by atoms with Gasteiger partial charge in [0.15, 0.2) is 0 Å². The van der Waals surface area contributed by atoms with E-state index in [1.54, 1.807) is 45.0 Å². The van der Waals surface area contributed by atoms with Crippen molar-refractivity contribution in [2.75, 3.05) is 6.54 Å². The maximum absolute atomic E-state index is 12.9. The van der Waals surface area contributed by atoms with Crippen LogP contribution in [0.4, 0.5) is 10.5 Å². The molecule has 0 fully saturated rings. The molecule has 2 N–H and O–H groups in total. The summed E-state index contributed by atoms with van der Waals surface area (Å²) in [5.41, 5.74) is -0.393. The van der Waals surface area contributed by atoms with Crippen LogP contribution in [0, 0.1) is 16.0 Å². The number of hydrogen-bond acceptors (Lipinski definition) is 7. The van der Waals surface area contributed by atoms with Gasteiger partial charge in [0.25, 0.3) is 15.7 Å². The van der Waals surface area contributed by atoms with Crippen molar-refractivity contribution in [2.45, 2.75) is 37.7 Å². The van der Waals surface area contributed by atoms with Gasteiger partial charge in [0.1, 0.15) is 5.60 Å². The van der Waals surface area contributed by atoms with Crippen molar-refractivity contribution >= 4 is 39.3 Å². The molecule has 1 atom stereocenters. The molecule has 0 aromatic heterocycles. The van der Waals surface area contributed by atoms with Crippen molar-refractivity contribution in [1.82, 2.24) is 10.0 Å². The third kappa shape index (κ3) is 8.35. The zero-order chi connectivity index (χ0) is 24.8. The Balaban J connectivity index is 2.20. The van der Waals surface area contributed by atoms with Crippen LogP contribution in [-0.4, -0.2) is 37.5 Å². The number of rotatable bonds is 8. The fourth-order valence-electron chi connectivity index (χ4n) is 2.75. The number of amides is 2. The second kappa shape index (κ2) is 10.6. The van der Waals surface area contributed by atoms with E-state index in [1.807, 2.05) is 4.72 Å². The number of nitrogens with one attached hydrogen (secondary N) is 2. The second-order valence-corrected chi connectivity index (χ2v) is 10.3. The molecule has 0 aliphatic heterocycles. The minimum atomic E-state index is -4.31. The van der Waals surface area contributed by atoms with E-state index >= 15 is 0 Å². The largest absolute Gasteiger partial charge is 0.444 e. The van der Waals surface area contributed by atoms with E-state index in [0.29, 0.717) is 10.6 Å². The first kappa shape index (κ1) is 26.1. The molecule has 0 bridgehead atoms. The highest BCUT2D eigenvalue weighted by molar-refractivity contribution is 7.90. The number of nitro groups is 1. The maximum atomic E-state index is 12.9. The number of hydrogen-bond donors (Lipinski definition) is 2. The van der Waals surface area contributed by atoms with E-state index in [9.17, 15) is 28.1 Å². The van der Waals surface area contributed by atoms with Gasteiger partial charge in [-0.3, -0.25) is 14.9 Å². The zero-order valence-electron chi connectivity index (χ0n) is 18.2. The molecule has 1 unspecified atom stereocenters. The lowest BCUT2D eigenvalue weighted by Crippen LogP contribution is -2.43. The molecule has 0 saturated carbocycles. The molecule has 0 aliphatic rings. The predicted octanol–water partition coefficient (Wildman–Crippen LogP) is 3.44. The lowest BCUT2D eigenvalue weighted by molar-refractivity contribution is -0.384. The number of alkyl carbamates (subject to hydrolysis) is 1. The summed E-state index contributed by atoms with van der Waals surface area (Å²) in [4.78, 5) is 34.7. The molecule has 0 heterocycles. The topological polar surface area (TPSA) is 145 Å². The van der Waals surface area contributed by atoms with Crippen LogP contribution in [0.3, 0.4) is 0 Å². The Kier molecular flexibility index (Phi) is 8.39. The fraction of sp³-hybridized carbons (Fsp3) is 0.333. The van der Waals surface area contributed by atoms with Gasteiger partial charge in [0.2, 0.25) is 5.91 Å². The van der Waals surface area contributed by atoms with Crippen LogP contribution in [0.15, 0.2) is 53.4 Å². The van der Waals surface area contributed by atoms with Crippen LogP contribution in [-0.2, 0) is 26.0 Å². The Morgan fingerprint density at radius 3 is 2.33 bits per heavy atom. The van der Waals surface area contributed by atoms with Gasteiger partial charge in [-0.25, -0.2) is 17.9 Å². The summed E-state index contributed by atoms with van der Waals surface area (Å²) < 4.78 is 32.4. The predicted molar refractivity (Wildman–Crippen MR) is 121 cm³/mol. The molecule has 0 saturated heterocycles. The van der Waals surface area contributed by atoms with Gasteiger partial charge in [0.05, 0.1) is 15.7 Å². The highest BCUT2D eigenvalue weighted by Crippen LogP contribution is 2.18. The SMILES string of the molecule is CC(C)(C)OC(=O)NCC(Cc1cccc(Cl)c1)C(=O)NS(=O)(=O)c1ccc([N+](=O)[O-])cc1. The van der Waals surface area contributed by atoms with E-state index in [2.05, 4.69) is 5.32 Å². The smallest absolute Gasteiger partial charge is 0.407 e. The van der Waals surface area contributed by atoms with Gasteiger partial charge in [0, 0.05) is 23.7 Å². The van der Waals surface area contributed by atoms with Gasteiger partial charge in [-0.15, -0.1) is 0 Å². The average molecular weight is 498 g/mol. The third-order valence-corrected chi connectivity index (χ3v) is 5.82. The van der Waals surface area contributed by atoms with Crippen molar-refractivity contribution in [3.8, 4) is 0 Å². The molecule has 2 aromatic rings. The van der Waals surface area contributed by atoms with Crippen molar-refractivity contribution in [1.29, 1.82) is 0 Å². The van der Waals surface area contributed by atoms with E-state index in [0.717, 1.165) is 24.3 Å². The first-order valence-corrected chi connectivity index (χ1v) is 11.7. The van der Waals surface area contributed by atoms with Crippen LogP contribution in [0.25, 0.3) is 0 Å². The molecular formula is C21H24ClN3O7S. The molecule has 2 rings (SSSR count). The number of sulfonamides is 1. The van der Waals surface area contributed by atoms with Crippen molar-refractivity contribution < 1.29 is 27.7 Å². The Labute approximate surface area is 196 Å². The molecule has 12 heteroatoms. The van der Waals surface area contributed by atoms with Crippen molar-refractivity contribution in [3.63, 3.8) is 0 Å². The number of non-ortho nitro benzene ring substituents is 1. The van der Waals surface area contributed by atoms with Crippen LogP contribution in [0.2, 0.25) is 5.02 Å². The molecule has 2 aromatic carbocycles. The fourth-order valence-corrected chi connectivity index (χ4v) is 4.01. The number of nitrogens with zero attached hydrogens (tertiary/aromatic N) is 1. The van der Waals surface area contributed by atoms with Gasteiger partial charge in [-0.05, 0) is 57.0 Å². The number of nitro benzene ring substituents is 1. The summed E-state index contributed by atoms with van der Waals surface area (Å²) >= 11 is 6.00. The monoisotopic (exact) mass is 497 g/mol. The lowest BCUT2D eigenvalue weighted by atomic mass is 9.99. The molecule has 0 aliphatic carbocycles. The quantitative estimate of drug-likeness (QED) is 0.419. The van der Waals surface area contributed by atoms with Gasteiger partial charge in [-0.1, -0.05) is 23.7 Å². The van der Waals surface area contributed by atoms with Crippen LogP contribution < -0.4 is 10.0 Å². The maximum Gasteiger partial charge on any atom is 0.407 e. The molecule has 33 heavy (non-hydrogen) atoms. The van der Waals surface area contributed by atoms with Gasteiger partial charge >= 0.3 is 6.09 Å². The number of benzene rings is 2. The van der Waals surface area contributed by atoms with Gasteiger partial charge in [-0.2, -0.15) is 0 Å². The van der Waals surface area contributed by atoms with Crippen molar-refractivity contribution in [3.05, 3.63) is 69.2 Å². The normalized spacial score (nSPS) is 12.5. The van der Waals surface area contributed by atoms with Crippen LogP contribution in [0.1, 0.15) is 26.3 Å². The Morgan fingerprint density at radius 1 is 1.15 bits per heavy atom. The van der Waals surface area contributed by atoms with E-state index in [4.69, 9.17) is 16.3 Å². The number of ether oxygens (including phenoxy) is 1. The first-order chi connectivity index (χ1) is 15.3. The van der Waals surface area contributed by atoms with E-state index in [-0.39, 0.29) is 23.5 Å². The molecule has 2 amide bonds. The number of halogens is 1. The lowest BCUT2D eigenvalue weighted by Gasteiger charge is -2.22. The molecule has 178 valence electrons.